The number of phenols is 1. The van der Waals surface area contributed by atoms with Crippen molar-refractivity contribution >= 4 is 39.4 Å². The Kier molecular flexibility index (Phi) is 8.10. The van der Waals surface area contributed by atoms with E-state index in [9.17, 15) is 31.5 Å². The van der Waals surface area contributed by atoms with Crippen molar-refractivity contribution in [3.63, 3.8) is 0 Å². The lowest BCUT2D eigenvalue weighted by atomic mass is 10.2. The third-order valence-corrected chi connectivity index (χ3v) is 6.86. The second-order valence-electron chi connectivity index (χ2n) is 7.21. The Bertz CT molecular complexity index is 1380. The van der Waals surface area contributed by atoms with Gasteiger partial charge in [-0.25, -0.2) is 13.8 Å². The molecule has 0 atom stereocenters. The van der Waals surface area contributed by atoms with E-state index in [1.165, 1.54) is 55.8 Å². The fraction of sp³-hybridized carbons (Fsp3) is 0.130. The molecule has 0 aliphatic carbocycles. The van der Waals surface area contributed by atoms with Gasteiger partial charge in [0.1, 0.15) is 6.54 Å². The number of alkyl halides is 3. The Balaban J connectivity index is 1.93. The molecule has 0 unspecified atom stereocenters. The number of hydrogen-bond donors (Lipinski definition) is 2. The summed E-state index contributed by atoms with van der Waals surface area (Å²) >= 11 is 6.08. The number of rotatable bonds is 8. The monoisotopic (exact) mass is 541 g/mol. The Morgan fingerprint density at radius 2 is 1.83 bits per heavy atom. The third kappa shape index (κ3) is 6.26. The maximum absolute atomic E-state index is 13.3. The van der Waals surface area contributed by atoms with Crippen LogP contribution < -0.4 is 14.5 Å². The van der Waals surface area contributed by atoms with Crippen LogP contribution in [-0.4, -0.2) is 39.3 Å². The van der Waals surface area contributed by atoms with Gasteiger partial charge in [-0.1, -0.05) is 29.8 Å². The van der Waals surface area contributed by atoms with Gasteiger partial charge in [0, 0.05) is 0 Å². The predicted molar refractivity (Wildman–Crippen MR) is 128 cm³/mol. The smallest absolute Gasteiger partial charge is 0.416 e. The van der Waals surface area contributed by atoms with Crippen molar-refractivity contribution in [2.75, 3.05) is 18.0 Å². The first kappa shape index (κ1) is 26.8. The highest BCUT2D eigenvalue weighted by atomic mass is 35.5. The minimum atomic E-state index is -4.78. The van der Waals surface area contributed by atoms with Crippen LogP contribution >= 0.6 is 11.6 Å². The summed E-state index contributed by atoms with van der Waals surface area (Å²) in [6.07, 6.45) is -3.58. The highest BCUT2D eigenvalue weighted by molar-refractivity contribution is 7.92. The molecule has 2 N–H and O–H groups in total. The van der Waals surface area contributed by atoms with Crippen molar-refractivity contribution in [1.29, 1.82) is 0 Å². The van der Waals surface area contributed by atoms with Crippen LogP contribution in [-0.2, 0) is 21.0 Å². The van der Waals surface area contributed by atoms with Gasteiger partial charge in [-0.15, -0.1) is 0 Å². The lowest BCUT2D eigenvalue weighted by molar-refractivity contribution is -0.137. The van der Waals surface area contributed by atoms with Crippen LogP contribution in [0.25, 0.3) is 0 Å². The normalized spacial score (nSPS) is 11.9. The zero-order valence-electron chi connectivity index (χ0n) is 18.5. The third-order valence-electron chi connectivity index (χ3n) is 4.77. The number of halogens is 4. The Hall–Kier alpha value is -3.77. The summed E-state index contributed by atoms with van der Waals surface area (Å²) in [5, 5.41) is 13.1. The fourth-order valence-corrected chi connectivity index (χ4v) is 4.74. The molecule has 190 valence electrons. The molecule has 36 heavy (non-hydrogen) atoms. The van der Waals surface area contributed by atoms with Gasteiger partial charge < -0.3 is 9.84 Å². The van der Waals surface area contributed by atoms with Crippen molar-refractivity contribution < 1.29 is 36.2 Å². The number of phenolic OH excluding ortho intramolecular Hbond substituents is 1. The summed E-state index contributed by atoms with van der Waals surface area (Å²) in [6, 6.07) is 13.3. The lowest BCUT2D eigenvalue weighted by Gasteiger charge is -2.25. The highest BCUT2D eigenvalue weighted by Gasteiger charge is 2.34. The van der Waals surface area contributed by atoms with E-state index in [-0.39, 0.29) is 21.4 Å². The molecule has 8 nitrogen and oxygen atoms in total. The van der Waals surface area contributed by atoms with E-state index in [1.807, 2.05) is 0 Å². The summed E-state index contributed by atoms with van der Waals surface area (Å²) in [5.41, 5.74) is 0.884. The number of ether oxygens (including phenoxy) is 1. The second kappa shape index (κ2) is 10.9. The quantitative estimate of drug-likeness (QED) is 0.324. The molecular weight excluding hydrogens is 523 g/mol. The van der Waals surface area contributed by atoms with Crippen LogP contribution in [0.3, 0.4) is 0 Å². The predicted octanol–water partition coefficient (Wildman–Crippen LogP) is 4.42. The molecule has 0 aliphatic rings. The number of carbonyl (C=O) groups excluding carboxylic acids is 1. The van der Waals surface area contributed by atoms with Crippen molar-refractivity contribution in [1.82, 2.24) is 5.43 Å². The number of benzene rings is 3. The average Bonchev–Trinajstić information content (AvgIpc) is 2.84. The molecule has 0 bridgehead atoms. The number of hydrazone groups is 1. The van der Waals surface area contributed by atoms with Crippen LogP contribution in [0.4, 0.5) is 18.9 Å². The molecule has 1 amide bonds. The van der Waals surface area contributed by atoms with Crippen molar-refractivity contribution in [3.8, 4) is 11.5 Å². The maximum atomic E-state index is 13.3. The van der Waals surface area contributed by atoms with Gasteiger partial charge in [-0.2, -0.15) is 18.3 Å². The Morgan fingerprint density at radius 1 is 1.14 bits per heavy atom. The van der Waals surface area contributed by atoms with Gasteiger partial charge >= 0.3 is 6.18 Å². The van der Waals surface area contributed by atoms with E-state index < -0.39 is 39.9 Å². The van der Waals surface area contributed by atoms with Crippen molar-refractivity contribution in [2.24, 2.45) is 5.10 Å². The van der Waals surface area contributed by atoms with Gasteiger partial charge in [0.15, 0.2) is 11.5 Å². The molecule has 0 aliphatic heterocycles. The molecule has 0 heterocycles. The molecule has 3 aromatic carbocycles. The Morgan fingerprint density at radius 3 is 2.47 bits per heavy atom. The zero-order chi connectivity index (χ0) is 26.5. The SMILES string of the molecule is COc1cc(/C=N\NC(=O)CN(c2cc(C(F)(F)F)ccc2Cl)S(=O)(=O)c2ccccc2)ccc1O. The van der Waals surface area contributed by atoms with Crippen molar-refractivity contribution in [3.05, 3.63) is 82.9 Å². The molecular formula is C23H19ClF3N3O5S. The molecule has 3 rings (SSSR count). The van der Waals surface area contributed by atoms with E-state index in [2.05, 4.69) is 10.5 Å². The number of nitrogens with zero attached hydrogens (tertiary/aromatic N) is 2. The van der Waals surface area contributed by atoms with Gasteiger partial charge in [0.05, 0.1) is 34.5 Å². The highest BCUT2D eigenvalue weighted by Crippen LogP contribution is 2.37. The number of anilines is 1. The number of nitrogens with one attached hydrogen (secondary N) is 1. The summed E-state index contributed by atoms with van der Waals surface area (Å²) in [4.78, 5) is 12.3. The first-order valence-corrected chi connectivity index (χ1v) is 11.9. The number of methoxy groups -OCH3 is 1. The van der Waals surface area contributed by atoms with Crippen LogP contribution in [0.15, 0.2) is 76.7 Å². The molecule has 0 fully saturated rings. The topological polar surface area (TPSA) is 108 Å². The molecule has 0 spiro atoms. The van der Waals surface area contributed by atoms with Crippen LogP contribution in [0.2, 0.25) is 5.02 Å². The summed E-state index contributed by atoms with van der Waals surface area (Å²) in [7, 11) is -3.15. The van der Waals surface area contributed by atoms with E-state index in [1.54, 1.807) is 6.07 Å². The maximum Gasteiger partial charge on any atom is 0.416 e. The number of amides is 1. The molecule has 0 aromatic heterocycles. The second-order valence-corrected chi connectivity index (χ2v) is 9.48. The lowest BCUT2D eigenvalue weighted by Crippen LogP contribution is -2.40. The van der Waals surface area contributed by atoms with Gasteiger partial charge in [0.25, 0.3) is 15.9 Å². The first-order valence-electron chi connectivity index (χ1n) is 10.1. The van der Waals surface area contributed by atoms with E-state index in [0.717, 1.165) is 6.07 Å². The molecule has 0 saturated carbocycles. The van der Waals surface area contributed by atoms with Gasteiger partial charge in [0.2, 0.25) is 0 Å². The van der Waals surface area contributed by atoms with Gasteiger partial charge in [-0.3, -0.25) is 9.10 Å². The summed E-state index contributed by atoms with van der Waals surface area (Å²) in [5.74, 6) is -0.909. The zero-order valence-corrected chi connectivity index (χ0v) is 20.1. The van der Waals surface area contributed by atoms with Crippen molar-refractivity contribution in [2.45, 2.75) is 11.1 Å². The fourth-order valence-electron chi connectivity index (χ4n) is 3.02. The number of hydrogen-bond acceptors (Lipinski definition) is 6. The molecule has 3 aromatic rings. The largest absolute Gasteiger partial charge is 0.504 e. The minimum Gasteiger partial charge on any atom is -0.504 e. The van der Waals surface area contributed by atoms with Crippen LogP contribution in [0, 0.1) is 0 Å². The average molecular weight is 542 g/mol. The number of aromatic hydroxyl groups is 1. The molecule has 0 saturated heterocycles. The van der Waals surface area contributed by atoms with Crippen LogP contribution in [0.1, 0.15) is 11.1 Å². The van der Waals surface area contributed by atoms with E-state index in [0.29, 0.717) is 22.0 Å². The number of carbonyl (C=O) groups is 1. The summed E-state index contributed by atoms with van der Waals surface area (Å²) < 4.78 is 72.0. The van der Waals surface area contributed by atoms with Crippen LogP contribution in [0.5, 0.6) is 11.5 Å². The molecule has 13 heteroatoms. The Labute approximate surface area is 209 Å². The van der Waals surface area contributed by atoms with E-state index in [4.69, 9.17) is 16.3 Å². The minimum absolute atomic E-state index is 0.113. The standard InChI is InChI=1S/C23H19ClF3N3O5S/c1-35-21-11-15(7-10-20(21)31)13-28-29-22(32)14-30(36(33,34)17-5-3-2-4-6-17)19-12-16(23(25,26)27)8-9-18(19)24/h2-13,31H,14H2,1H3,(H,29,32)/b28-13-. The first-order chi connectivity index (χ1) is 16.9. The summed E-state index contributed by atoms with van der Waals surface area (Å²) in [6.45, 7) is -0.922. The van der Waals surface area contributed by atoms with E-state index >= 15 is 0 Å². The van der Waals surface area contributed by atoms with Gasteiger partial charge in [-0.05, 0) is 54.1 Å². The number of sulfonamides is 1. The molecule has 0 radical (unpaired) electrons.